The minimum Gasteiger partial charge on any atom is -0.479 e. The number of allylic oxidation sites excluding steroid dienone is 1. The molecule has 0 spiro atoms. The average Bonchev–Trinajstić information content (AvgIpc) is 2.28. The van der Waals surface area contributed by atoms with Gasteiger partial charge in [-0.1, -0.05) is 12.7 Å². The van der Waals surface area contributed by atoms with Crippen molar-refractivity contribution >= 4 is 0 Å². The third-order valence-electron chi connectivity index (χ3n) is 2.40. The van der Waals surface area contributed by atoms with Crippen LogP contribution >= 0.6 is 0 Å². The molecule has 0 bridgehead atoms. The van der Waals surface area contributed by atoms with E-state index < -0.39 is 0 Å². The number of hydrogen-bond donors (Lipinski definition) is 0. The third-order valence-corrected chi connectivity index (χ3v) is 2.40. The predicted octanol–water partition coefficient (Wildman–Crippen LogP) is 2.33. The molecule has 0 saturated heterocycles. The van der Waals surface area contributed by atoms with Crippen molar-refractivity contribution in [1.82, 2.24) is 4.90 Å². The van der Waals surface area contributed by atoms with Gasteiger partial charge in [0.2, 0.25) is 0 Å². The second-order valence-corrected chi connectivity index (χ2v) is 4.09. The smallest absolute Gasteiger partial charge is 0.141 e. The van der Waals surface area contributed by atoms with E-state index in [1.807, 2.05) is 50.2 Å². The number of rotatable bonds is 6. The summed E-state index contributed by atoms with van der Waals surface area (Å²) in [7, 11) is 3.95. The summed E-state index contributed by atoms with van der Waals surface area (Å²) in [5.41, 5.74) is -0.347. The molecule has 3 heteroatoms. The molecule has 0 heterocycles. The lowest BCUT2D eigenvalue weighted by molar-refractivity contribution is 0.0347. The first-order valence-electron chi connectivity index (χ1n) is 5.56. The number of hydrogen-bond acceptors (Lipinski definition) is 3. The molecule has 1 aliphatic carbocycles. The molecule has 3 nitrogen and oxygen atoms in total. The highest BCUT2D eigenvalue weighted by atomic mass is 16.5. The molecule has 0 fully saturated rings. The zero-order valence-electron chi connectivity index (χ0n) is 10.4. The van der Waals surface area contributed by atoms with Crippen LogP contribution in [0, 0.1) is 0 Å². The maximum Gasteiger partial charge on any atom is 0.141 e. The maximum absolute atomic E-state index is 5.68. The van der Waals surface area contributed by atoms with Gasteiger partial charge in [-0.15, -0.1) is 0 Å². The topological polar surface area (TPSA) is 21.7 Å². The van der Waals surface area contributed by atoms with E-state index in [-0.39, 0.29) is 5.60 Å². The lowest BCUT2D eigenvalue weighted by Crippen LogP contribution is -2.29. The van der Waals surface area contributed by atoms with Crippen molar-refractivity contribution in [2.75, 3.05) is 27.4 Å². The summed E-state index contributed by atoms with van der Waals surface area (Å²) < 4.78 is 11.2. The Balaban J connectivity index is 2.54. The first kappa shape index (κ1) is 13.0. The molecular formula is C13H21NO2. The Morgan fingerprint density at radius 1 is 1.56 bits per heavy atom. The molecule has 1 unspecified atom stereocenters. The monoisotopic (exact) mass is 223 g/mol. The molecule has 0 radical (unpaired) electrons. The molecule has 0 amide bonds. The summed E-state index contributed by atoms with van der Waals surface area (Å²) >= 11 is 0. The highest BCUT2D eigenvalue weighted by Gasteiger charge is 2.25. The van der Waals surface area contributed by atoms with E-state index in [0.717, 1.165) is 12.2 Å². The summed E-state index contributed by atoms with van der Waals surface area (Å²) in [4.78, 5) is 1.98. The van der Waals surface area contributed by atoms with E-state index in [4.69, 9.17) is 9.47 Å². The molecule has 16 heavy (non-hydrogen) atoms. The van der Waals surface area contributed by atoms with Crippen molar-refractivity contribution in [2.45, 2.75) is 18.9 Å². The normalized spacial score (nSPS) is 24.4. The second kappa shape index (κ2) is 5.87. The van der Waals surface area contributed by atoms with Crippen molar-refractivity contribution in [3.8, 4) is 0 Å². The van der Waals surface area contributed by atoms with Crippen molar-refractivity contribution in [3.63, 3.8) is 0 Å². The molecule has 0 aromatic carbocycles. The van der Waals surface area contributed by atoms with E-state index in [9.17, 15) is 0 Å². The largest absolute Gasteiger partial charge is 0.479 e. The van der Waals surface area contributed by atoms with Crippen LogP contribution in [0.5, 0.6) is 0 Å². The predicted molar refractivity (Wildman–Crippen MR) is 66.0 cm³/mol. The molecule has 0 aliphatic heterocycles. The van der Waals surface area contributed by atoms with Gasteiger partial charge in [-0.2, -0.15) is 0 Å². The maximum atomic E-state index is 5.68. The van der Waals surface area contributed by atoms with E-state index in [2.05, 4.69) is 6.58 Å². The van der Waals surface area contributed by atoms with Crippen LogP contribution in [0.3, 0.4) is 0 Å². The Hall–Kier alpha value is -1.06. The van der Waals surface area contributed by atoms with E-state index in [1.165, 1.54) is 0 Å². The Kier molecular flexibility index (Phi) is 4.77. The Labute approximate surface area is 98.0 Å². The van der Waals surface area contributed by atoms with E-state index in [1.54, 1.807) is 0 Å². The van der Waals surface area contributed by atoms with Crippen LogP contribution < -0.4 is 0 Å². The highest BCUT2D eigenvalue weighted by molar-refractivity contribution is 5.28. The Morgan fingerprint density at radius 2 is 2.31 bits per heavy atom. The Bertz CT molecular complexity index is 294. The molecule has 90 valence electrons. The molecule has 1 aliphatic rings. The van der Waals surface area contributed by atoms with Gasteiger partial charge in [0, 0.05) is 13.0 Å². The first-order valence-corrected chi connectivity index (χ1v) is 5.56. The summed E-state index contributed by atoms with van der Waals surface area (Å²) in [6.07, 6.45) is 8.62. The minimum atomic E-state index is -0.347. The van der Waals surface area contributed by atoms with Crippen LogP contribution in [0.25, 0.3) is 0 Å². The molecule has 0 N–H and O–H groups in total. The summed E-state index contributed by atoms with van der Waals surface area (Å²) in [5.74, 6) is 0.894. The van der Waals surface area contributed by atoms with Crippen LogP contribution in [0.2, 0.25) is 0 Å². The van der Waals surface area contributed by atoms with Gasteiger partial charge in [-0.25, -0.2) is 0 Å². The molecule has 0 saturated carbocycles. The van der Waals surface area contributed by atoms with E-state index >= 15 is 0 Å². The third kappa shape index (κ3) is 3.51. The van der Waals surface area contributed by atoms with Gasteiger partial charge >= 0.3 is 0 Å². The van der Waals surface area contributed by atoms with Gasteiger partial charge in [-0.3, -0.25) is 4.90 Å². The van der Waals surface area contributed by atoms with Crippen molar-refractivity contribution in [3.05, 3.63) is 36.6 Å². The number of ether oxygens (including phenoxy) is 2. The standard InChI is InChI=1S/C13H21NO2/c1-5-13(16-6-2)9-7-12(8-10-13)15-11-14(3)4/h5,7-9H,1,6,10-11H2,2-4H3. The molecular weight excluding hydrogens is 202 g/mol. The van der Waals surface area contributed by atoms with Gasteiger partial charge in [0.15, 0.2) is 0 Å². The van der Waals surface area contributed by atoms with Gasteiger partial charge in [0.25, 0.3) is 0 Å². The van der Waals surface area contributed by atoms with Gasteiger partial charge in [0.05, 0.1) is 0 Å². The fraction of sp³-hybridized carbons (Fsp3) is 0.538. The lowest BCUT2D eigenvalue weighted by atomic mass is 9.94. The summed E-state index contributed by atoms with van der Waals surface area (Å²) in [6.45, 7) is 7.07. The highest BCUT2D eigenvalue weighted by Crippen LogP contribution is 2.26. The summed E-state index contributed by atoms with van der Waals surface area (Å²) in [6, 6.07) is 0. The van der Waals surface area contributed by atoms with Gasteiger partial charge < -0.3 is 9.47 Å². The van der Waals surface area contributed by atoms with Crippen LogP contribution in [0.4, 0.5) is 0 Å². The molecule has 1 atom stereocenters. The fourth-order valence-corrected chi connectivity index (χ4v) is 1.52. The van der Waals surface area contributed by atoms with Crippen LogP contribution in [-0.2, 0) is 9.47 Å². The molecule has 0 aromatic rings. The SMILES string of the molecule is C=CC1(OCC)C=CC(OCN(C)C)=CC1. The Morgan fingerprint density at radius 3 is 2.75 bits per heavy atom. The lowest BCUT2D eigenvalue weighted by Gasteiger charge is -2.28. The first-order chi connectivity index (χ1) is 7.62. The van der Waals surface area contributed by atoms with Crippen LogP contribution in [0.15, 0.2) is 36.6 Å². The van der Waals surface area contributed by atoms with E-state index in [0.29, 0.717) is 13.3 Å². The van der Waals surface area contributed by atoms with Crippen molar-refractivity contribution in [1.29, 1.82) is 0 Å². The number of nitrogens with zero attached hydrogens (tertiary/aromatic N) is 1. The van der Waals surface area contributed by atoms with Gasteiger partial charge in [-0.05, 0) is 39.2 Å². The van der Waals surface area contributed by atoms with Crippen LogP contribution in [0.1, 0.15) is 13.3 Å². The van der Waals surface area contributed by atoms with Crippen molar-refractivity contribution in [2.24, 2.45) is 0 Å². The molecule has 1 rings (SSSR count). The minimum absolute atomic E-state index is 0.347. The van der Waals surface area contributed by atoms with Crippen LogP contribution in [-0.4, -0.2) is 37.9 Å². The van der Waals surface area contributed by atoms with Gasteiger partial charge in [0.1, 0.15) is 18.1 Å². The zero-order chi connectivity index (χ0) is 12.0. The average molecular weight is 223 g/mol. The summed E-state index contributed by atoms with van der Waals surface area (Å²) in [5, 5.41) is 0. The fourth-order valence-electron chi connectivity index (χ4n) is 1.52. The molecule has 0 aromatic heterocycles. The zero-order valence-corrected chi connectivity index (χ0v) is 10.4. The van der Waals surface area contributed by atoms with Crippen molar-refractivity contribution < 1.29 is 9.47 Å². The second-order valence-electron chi connectivity index (χ2n) is 4.09. The quantitative estimate of drug-likeness (QED) is 0.509.